The van der Waals surface area contributed by atoms with Gasteiger partial charge in [-0.25, -0.2) is 0 Å². The lowest BCUT2D eigenvalue weighted by atomic mass is 9.82. The van der Waals surface area contributed by atoms with Crippen molar-refractivity contribution in [2.24, 2.45) is 35.3 Å². The Morgan fingerprint density at radius 1 is 0.265 bits per heavy atom. The molecule has 0 saturated heterocycles. The molecule has 0 aliphatic heterocycles. The first-order chi connectivity index (χ1) is 71.8. The van der Waals surface area contributed by atoms with Crippen LogP contribution >= 0.6 is 0 Å². The number of nitrogens with zero attached hydrogens (tertiary/aromatic N) is 4. The fourth-order valence-electron chi connectivity index (χ4n) is 21.3. The first kappa shape index (κ1) is 107. The highest BCUT2D eigenvalue weighted by molar-refractivity contribution is 5.68. The number of hydroxylamine groups is 3. The molecule has 0 saturated carbocycles. The summed E-state index contributed by atoms with van der Waals surface area (Å²) in [6.45, 7) is 17.1. The fraction of sp³-hybridized carbons (Fsp3) is 0.338. The molecule has 2 N–H and O–H groups in total. The average Bonchev–Trinajstić information content (AvgIpc) is 0.826. The van der Waals surface area contributed by atoms with Crippen molar-refractivity contribution in [2.75, 3.05) is 88.1 Å². The Morgan fingerprint density at radius 2 is 0.483 bits per heavy atom. The topological polar surface area (TPSA) is 105 Å². The summed E-state index contributed by atoms with van der Waals surface area (Å²) in [4.78, 5) is 7.12. The van der Waals surface area contributed by atoms with Crippen molar-refractivity contribution in [3.8, 4) is 84.4 Å². The summed E-state index contributed by atoms with van der Waals surface area (Å²) in [6, 6.07) is 127. The maximum absolute atomic E-state index is 11.8. The van der Waals surface area contributed by atoms with Gasteiger partial charge in [0.05, 0.1) is 20.6 Å². The van der Waals surface area contributed by atoms with E-state index < -0.39 is 0 Å². The van der Waals surface area contributed by atoms with Gasteiger partial charge in [0.15, 0.2) is 0 Å². The summed E-state index contributed by atoms with van der Waals surface area (Å²) >= 11 is 0. The van der Waals surface area contributed by atoms with Crippen molar-refractivity contribution in [1.29, 1.82) is 0 Å². The maximum Gasteiger partial charge on any atom is 0.120 e. The van der Waals surface area contributed by atoms with Crippen molar-refractivity contribution in [3.05, 3.63) is 452 Å². The molecule has 0 bridgehead atoms. The minimum Gasteiger partial charge on any atom is -0.633 e. The summed E-state index contributed by atoms with van der Waals surface area (Å²) in [5.41, 5.74) is 40.1. The Morgan fingerprint density at radius 3 is 0.707 bits per heavy atom. The van der Waals surface area contributed by atoms with E-state index in [1.165, 1.54) is 248 Å². The number of benzene rings is 15. The molecule has 2 unspecified atom stereocenters. The molecule has 147 heavy (non-hydrogen) atoms. The van der Waals surface area contributed by atoms with Crippen LogP contribution in [-0.4, -0.2) is 107 Å². The second kappa shape index (κ2) is 54.7. The van der Waals surface area contributed by atoms with Crippen LogP contribution in [0.15, 0.2) is 358 Å². The quantitative estimate of drug-likeness (QED) is 0.0301. The van der Waals surface area contributed by atoms with Crippen LogP contribution in [0.1, 0.15) is 167 Å². The standard InChI is InChI=1S/C29H35NO.C28H33NO.C27H31NO2.C27H31NO.C25H27NO/c1-3-30(4-2)19-18-23-10-15-28-21-29(17-16-27(28)20-23)31-22-24-11-13-26(14-12-24)25-8-6-5-7-9-25;1-21-4-9-24(10-5-21)25-11-7-23(8-12-25)20-30-28-15-14-26-18-22(16-17-29(2)3)6-13-27(26)19-28;1-28(2,29)17-16-21-8-13-26-19-27(15-14-25(26)18-21)30-20-22-9-11-24(12-10-22)23-6-4-3-5-7-23;1-28(2)17-16-21-8-13-26-19-27(15-14-25(26)18-21)29-20-22-9-11-24(12-10-22)23-6-4-3-5-7-23;26-15-14-19-6-11-24-17-25(13-12-23(24)16-19)27-18-20-7-9-22(10-8-20)21-4-2-1-3-5-21/h5-9,11-14,16-17,21,23H,3-4,10,15,18-20,22H2,1-2H3;4-5,7-12,14-15,19,22H,6,13,16-18,20H2,1-3H3;3-7,9-12,14-15,19,21H,8,13,16-18,20H2,1-2H3;3-7,9-12,14-15,19,21H,8,13,16-18,20H2,1-2H3;1-5,7-10,12-13,17,19H,6,11,14-16,18,26H2/t;22-;2*21-;/m.000./s1. The van der Waals surface area contributed by atoms with E-state index in [0.717, 1.165) is 117 Å². The molecule has 762 valence electrons. The van der Waals surface area contributed by atoms with Gasteiger partial charge < -0.3 is 54.0 Å². The largest absolute Gasteiger partial charge is 0.633 e. The molecule has 5 aliphatic carbocycles. The van der Waals surface area contributed by atoms with Gasteiger partial charge in [-0.1, -0.05) is 317 Å². The monoisotopic (exact) mass is 1960 g/mol. The lowest BCUT2D eigenvalue weighted by Gasteiger charge is -2.36. The molecule has 15 aromatic carbocycles. The number of rotatable bonds is 36. The summed E-state index contributed by atoms with van der Waals surface area (Å²) in [5, 5.41) is 11.8. The van der Waals surface area contributed by atoms with E-state index in [4.69, 9.17) is 29.4 Å². The van der Waals surface area contributed by atoms with Gasteiger partial charge in [-0.3, -0.25) is 0 Å². The molecule has 0 radical (unpaired) electrons. The van der Waals surface area contributed by atoms with E-state index in [2.05, 4.69) is 403 Å². The van der Waals surface area contributed by atoms with Gasteiger partial charge in [-0.05, 0) is 432 Å². The Hall–Kier alpha value is -12.9. The van der Waals surface area contributed by atoms with Crippen molar-refractivity contribution in [1.82, 2.24) is 14.7 Å². The van der Waals surface area contributed by atoms with Gasteiger partial charge in [-0.15, -0.1) is 0 Å². The Kier molecular flexibility index (Phi) is 39.7. The highest BCUT2D eigenvalue weighted by Crippen LogP contribution is 2.39. The molecule has 15 aromatic rings. The fourth-order valence-corrected chi connectivity index (χ4v) is 21.3. The molecule has 20 rings (SSSR count). The maximum atomic E-state index is 11.8. The van der Waals surface area contributed by atoms with Gasteiger partial charge in [0.25, 0.3) is 0 Å². The Bertz CT molecular complexity index is 6490. The van der Waals surface area contributed by atoms with E-state index >= 15 is 0 Å². The molecular formula is C136H157N5O6. The molecule has 0 spiro atoms. The van der Waals surface area contributed by atoms with Gasteiger partial charge in [-0.2, -0.15) is 0 Å². The van der Waals surface area contributed by atoms with E-state index in [1.807, 2.05) is 18.2 Å². The van der Waals surface area contributed by atoms with Crippen molar-refractivity contribution in [3.63, 3.8) is 0 Å². The molecule has 11 nitrogen and oxygen atoms in total. The Balaban J connectivity index is 0.000000131. The number of aryl methyl sites for hydroxylation is 6. The van der Waals surface area contributed by atoms with Gasteiger partial charge in [0.1, 0.15) is 61.8 Å². The minimum atomic E-state index is -0.192. The molecular weight excluding hydrogens is 1800 g/mol. The average molecular weight is 1960 g/mol. The predicted molar refractivity (Wildman–Crippen MR) is 613 cm³/mol. The number of ether oxygens (including phenoxy) is 5. The van der Waals surface area contributed by atoms with Gasteiger partial charge in [0.2, 0.25) is 0 Å². The normalized spacial score (nSPS) is 15.9. The second-order valence-electron chi connectivity index (χ2n) is 42.6. The molecule has 5 atom stereocenters. The first-order valence-electron chi connectivity index (χ1n) is 54.5. The number of hydrogen-bond donors (Lipinski definition) is 1. The third-order valence-corrected chi connectivity index (χ3v) is 30.5. The summed E-state index contributed by atoms with van der Waals surface area (Å²) < 4.78 is 30.3. The number of nitrogens with two attached hydrogens (primary N) is 1. The van der Waals surface area contributed by atoms with Crippen LogP contribution in [0.4, 0.5) is 0 Å². The molecule has 0 amide bonds. The predicted octanol–water partition coefficient (Wildman–Crippen LogP) is 30.4. The Labute approximate surface area is 879 Å². The molecule has 5 aliphatic rings. The lowest BCUT2D eigenvalue weighted by Crippen LogP contribution is -2.34. The van der Waals surface area contributed by atoms with Crippen LogP contribution in [0.3, 0.4) is 0 Å². The van der Waals surface area contributed by atoms with Crippen LogP contribution in [0.25, 0.3) is 55.6 Å². The summed E-state index contributed by atoms with van der Waals surface area (Å²) in [5.74, 6) is 8.71. The van der Waals surface area contributed by atoms with Crippen LogP contribution in [0.5, 0.6) is 28.7 Å². The van der Waals surface area contributed by atoms with E-state index in [0.29, 0.717) is 45.5 Å². The van der Waals surface area contributed by atoms with Gasteiger partial charge in [0, 0.05) is 0 Å². The smallest absolute Gasteiger partial charge is 0.120 e. The van der Waals surface area contributed by atoms with Crippen LogP contribution in [-0.2, 0) is 97.2 Å². The summed E-state index contributed by atoms with van der Waals surface area (Å²) in [6.07, 6.45) is 24.0. The molecule has 0 fully saturated rings. The zero-order chi connectivity index (χ0) is 102. The number of quaternary nitrogens is 1. The highest BCUT2D eigenvalue weighted by atomic mass is 16.5. The van der Waals surface area contributed by atoms with Crippen LogP contribution in [0, 0.1) is 41.7 Å². The number of fused-ring (bicyclic) bond motifs is 5. The van der Waals surface area contributed by atoms with Crippen molar-refractivity contribution >= 4 is 0 Å². The third kappa shape index (κ3) is 33.3. The van der Waals surface area contributed by atoms with E-state index in [9.17, 15) is 5.21 Å². The van der Waals surface area contributed by atoms with E-state index in [-0.39, 0.29) is 4.65 Å². The zero-order valence-corrected chi connectivity index (χ0v) is 88.9. The van der Waals surface area contributed by atoms with Crippen LogP contribution in [0.2, 0.25) is 0 Å². The minimum absolute atomic E-state index is 0.192. The lowest BCUT2D eigenvalue weighted by molar-refractivity contribution is -0.840. The summed E-state index contributed by atoms with van der Waals surface area (Å²) in [7, 11) is 12.1. The van der Waals surface area contributed by atoms with Crippen LogP contribution < -0.4 is 29.4 Å². The zero-order valence-electron chi connectivity index (χ0n) is 88.9. The highest BCUT2D eigenvalue weighted by Gasteiger charge is 2.26. The first-order valence-corrected chi connectivity index (χ1v) is 54.5. The van der Waals surface area contributed by atoms with Gasteiger partial charge >= 0.3 is 0 Å². The number of hydrogen-bond acceptors (Lipinski definition) is 10. The molecule has 0 heterocycles. The van der Waals surface area contributed by atoms with Crippen molar-refractivity contribution < 1.29 is 28.3 Å². The third-order valence-electron chi connectivity index (χ3n) is 30.5. The SMILES string of the molecule is CCN(CC)CCC1CCc2cc(OCc3ccc(-c4ccccc4)cc3)ccc2C1.CN(C)CC[C@@H]1CCc2cc(OCc3ccc(-c4ccccc4)cc3)ccc2C1.C[N+](C)([O-])CC[C@@H]1CCc2cc(OCc3ccc(-c4ccccc4)cc3)ccc2C1.Cc1ccc(-c2ccc(COc3ccc4c(c3)CC[C@@H](CCN(C)C)C4)cc2)cc1.NCCC1CCc2cc(OCc3ccc(-c4ccccc4)cc3)ccc2C1. The molecule has 11 heteroatoms. The molecule has 0 aromatic heterocycles. The second-order valence-corrected chi connectivity index (χ2v) is 42.6. The van der Waals surface area contributed by atoms with Crippen molar-refractivity contribution in [2.45, 2.75) is 182 Å². The van der Waals surface area contributed by atoms with E-state index in [1.54, 1.807) is 14.1 Å².